The molecule has 126 valence electrons. The minimum atomic E-state index is -3.63. The lowest BCUT2D eigenvalue weighted by molar-refractivity contribution is -0.133. The van der Waals surface area contributed by atoms with Gasteiger partial charge in [0.1, 0.15) is 10.6 Å². The molecule has 24 heavy (non-hydrogen) atoms. The van der Waals surface area contributed by atoms with Gasteiger partial charge >= 0.3 is 0 Å². The molecule has 0 aliphatic carbocycles. The van der Waals surface area contributed by atoms with Crippen LogP contribution >= 0.6 is 0 Å². The predicted octanol–water partition coefficient (Wildman–Crippen LogP) is 0.781. The summed E-state index contributed by atoms with van der Waals surface area (Å²) in [6.45, 7) is 0.719. The molecular weight excluding hydrogens is 330 g/mol. The lowest BCUT2D eigenvalue weighted by atomic mass is 10.2. The number of hydrogen-bond donors (Lipinski definition) is 1. The fraction of sp³-hybridized carbons (Fsp3) is 0.250. The number of nitrogens with one attached hydrogen (secondary N) is 1. The van der Waals surface area contributed by atoms with Crippen LogP contribution in [0.15, 0.2) is 53.7 Å². The highest BCUT2D eigenvalue weighted by atomic mass is 32.2. The molecule has 8 heteroatoms. The van der Waals surface area contributed by atoms with E-state index in [2.05, 4.69) is 9.71 Å². The molecule has 0 spiro atoms. The van der Waals surface area contributed by atoms with Crippen molar-refractivity contribution in [2.75, 3.05) is 19.7 Å². The van der Waals surface area contributed by atoms with Crippen LogP contribution in [0, 0.1) is 0 Å². The molecule has 1 N–H and O–H groups in total. The number of carbonyl (C=O) groups excluding carboxylic acids is 1. The number of sulfonamides is 1. The highest BCUT2D eigenvalue weighted by Crippen LogP contribution is 2.22. The summed E-state index contributed by atoms with van der Waals surface area (Å²) < 4.78 is 32.2. The number of rotatable bonds is 5. The van der Waals surface area contributed by atoms with Crippen LogP contribution in [0.1, 0.15) is 5.56 Å². The molecule has 7 nitrogen and oxygen atoms in total. The van der Waals surface area contributed by atoms with E-state index in [9.17, 15) is 13.2 Å². The van der Waals surface area contributed by atoms with Gasteiger partial charge in [-0.2, -0.15) is 0 Å². The zero-order chi connectivity index (χ0) is 17.0. The lowest BCUT2D eigenvalue weighted by Gasteiger charge is -2.20. The SMILES string of the molecule is O=C1COc2ccccc2CN1CCNS(=O)(=O)c1cccnc1. The van der Waals surface area contributed by atoms with Gasteiger partial charge in [0.15, 0.2) is 6.61 Å². The van der Waals surface area contributed by atoms with Crippen molar-refractivity contribution in [3.8, 4) is 5.75 Å². The van der Waals surface area contributed by atoms with Crippen molar-refractivity contribution < 1.29 is 17.9 Å². The van der Waals surface area contributed by atoms with Crippen molar-refractivity contribution in [2.45, 2.75) is 11.4 Å². The van der Waals surface area contributed by atoms with Crippen molar-refractivity contribution in [3.05, 3.63) is 54.4 Å². The van der Waals surface area contributed by atoms with Crippen LogP contribution in [0.4, 0.5) is 0 Å². The Balaban J connectivity index is 1.63. The number of nitrogens with zero attached hydrogens (tertiary/aromatic N) is 2. The molecule has 2 aromatic rings. The molecule has 0 bridgehead atoms. The maximum atomic E-state index is 12.1. The summed E-state index contributed by atoms with van der Waals surface area (Å²) in [7, 11) is -3.63. The minimum absolute atomic E-state index is 0.0492. The summed E-state index contributed by atoms with van der Waals surface area (Å²) in [4.78, 5) is 17.6. The molecular formula is C16H17N3O4S. The summed E-state index contributed by atoms with van der Waals surface area (Å²) in [5, 5.41) is 0. The predicted molar refractivity (Wildman–Crippen MR) is 86.8 cm³/mol. The van der Waals surface area contributed by atoms with Crippen LogP contribution in [0.25, 0.3) is 0 Å². The van der Waals surface area contributed by atoms with E-state index < -0.39 is 10.0 Å². The van der Waals surface area contributed by atoms with Crippen LogP contribution in [-0.4, -0.2) is 43.9 Å². The van der Waals surface area contributed by atoms with E-state index in [0.29, 0.717) is 12.3 Å². The van der Waals surface area contributed by atoms with E-state index in [1.807, 2.05) is 24.3 Å². The van der Waals surface area contributed by atoms with E-state index in [0.717, 1.165) is 5.56 Å². The molecule has 0 saturated carbocycles. The van der Waals surface area contributed by atoms with Gasteiger partial charge in [-0.3, -0.25) is 9.78 Å². The van der Waals surface area contributed by atoms with E-state index in [4.69, 9.17) is 4.74 Å². The second-order valence-corrected chi connectivity index (χ2v) is 7.07. The number of pyridine rings is 1. The van der Waals surface area contributed by atoms with Gasteiger partial charge in [-0.15, -0.1) is 0 Å². The summed E-state index contributed by atoms with van der Waals surface area (Å²) in [6.07, 6.45) is 2.79. The van der Waals surface area contributed by atoms with E-state index >= 15 is 0 Å². The molecule has 1 aromatic heterocycles. The Morgan fingerprint density at radius 2 is 2.04 bits per heavy atom. The Hall–Kier alpha value is -2.45. The van der Waals surface area contributed by atoms with Crippen LogP contribution in [-0.2, 0) is 21.4 Å². The van der Waals surface area contributed by atoms with Crippen molar-refractivity contribution in [1.82, 2.24) is 14.6 Å². The number of carbonyl (C=O) groups is 1. The number of fused-ring (bicyclic) bond motifs is 1. The first-order chi connectivity index (χ1) is 11.6. The van der Waals surface area contributed by atoms with Crippen molar-refractivity contribution >= 4 is 15.9 Å². The molecule has 0 saturated heterocycles. The lowest BCUT2D eigenvalue weighted by Crippen LogP contribution is -2.39. The van der Waals surface area contributed by atoms with E-state index in [1.165, 1.54) is 18.5 Å². The van der Waals surface area contributed by atoms with Crippen molar-refractivity contribution in [2.24, 2.45) is 0 Å². The number of ether oxygens (including phenoxy) is 1. The number of hydrogen-bond acceptors (Lipinski definition) is 5. The number of para-hydroxylation sites is 1. The zero-order valence-corrected chi connectivity index (χ0v) is 13.7. The first-order valence-corrected chi connectivity index (χ1v) is 8.93. The van der Waals surface area contributed by atoms with Gasteiger partial charge in [-0.1, -0.05) is 18.2 Å². The van der Waals surface area contributed by atoms with E-state index in [-0.39, 0.29) is 30.5 Å². The van der Waals surface area contributed by atoms with Crippen LogP contribution in [0.3, 0.4) is 0 Å². The third kappa shape index (κ3) is 3.72. The second-order valence-electron chi connectivity index (χ2n) is 5.30. The summed E-state index contributed by atoms with van der Waals surface area (Å²) >= 11 is 0. The first-order valence-electron chi connectivity index (χ1n) is 7.44. The molecule has 0 atom stereocenters. The van der Waals surface area contributed by atoms with Crippen molar-refractivity contribution in [3.63, 3.8) is 0 Å². The average Bonchev–Trinajstić information content (AvgIpc) is 2.75. The van der Waals surface area contributed by atoms with Gasteiger partial charge in [0.25, 0.3) is 5.91 Å². The van der Waals surface area contributed by atoms with Crippen LogP contribution < -0.4 is 9.46 Å². The first kappa shape index (κ1) is 16.4. The summed E-state index contributed by atoms with van der Waals surface area (Å²) in [6, 6.07) is 10.5. The molecule has 1 aliphatic rings. The van der Waals surface area contributed by atoms with Gasteiger partial charge in [0, 0.05) is 37.6 Å². The Kier molecular flexibility index (Phi) is 4.77. The highest BCUT2D eigenvalue weighted by Gasteiger charge is 2.22. The maximum Gasteiger partial charge on any atom is 0.260 e. The third-order valence-corrected chi connectivity index (χ3v) is 5.10. The fourth-order valence-electron chi connectivity index (χ4n) is 2.41. The third-order valence-electron chi connectivity index (χ3n) is 3.66. The molecule has 0 fully saturated rings. The Morgan fingerprint density at radius 1 is 1.21 bits per heavy atom. The topological polar surface area (TPSA) is 88.6 Å². The molecule has 1 aliphatic heterocycles. The standard InChI is InChI=1S/C16H17N3O4S/c20-16-12-23-15-6-2-1-4-13(15)11-19(16)9-8-18-24(21,22)14-5-3-7-17-10-14/h1-7,10,18H,8-9,11-12H2. The van der Waals surface area contributed by atoms with Gasteiger partial charge in [0.2, 0.25) is 10.0 Å². The fourth-order valence-corrected chi connectivity index (χ4v) is 3.39. The van der Waals surface area contributed by atoms with E-state index in [1.54, 1.807) is 11.0 Å². The molecule has 1 amide bonds. The van der Waals surface area contributed by atoms with Gasteiger partial charge < -0.3 is 9.64 Å². The Bertz CT molecular complexity index is 824. The van der Waals surface area contributed by atoms with Crippen molar-refractivity contribution in [1.29, 1.82) is 0 Å². The molecule has 0 radical (unpaired) electrons. The van der Waals surface area contributed by atoms with Gasteiger partial charge in [0.05, 0.1) is 0 Å². The van der Waals surface area contributed by atoms with Crippen LogP contribution in [0.5, 0.6) is 5.75 Å². The number of aromatic nitrogens is 1. The monoisotopic (exact) mass is 347 g/mol. The second kappa shape index (κ2) is 6.98. The molecule has 1 aromatic carbocycles. The molecule has 0 unspecified atom stereocenters. The van der Waals surface area contributed by atoms with Gasteiger partial charge in [-0.25, -0.2) is 13.1 Å². The Morgan fingerprint density at radius 3 is 2.83 bits per heavy atom. The smallest absolute Gasteiger partial charge is 0.260 e. The van der Waals surface area contributed by atoms with Crippen LogP contribution in [0.2, 0.25) is 0 Å². The molecule has 3 rings (SSSR count). The minimum Gasteiger partial charge on any atom is -0.483 e. The average molecular weight is 347 g/mol. The maximum absolute atomic E-state index is 12.1. The quantitative estimate of drug-likeness (QED) is 0.863. The normalized spacial score (nSPS) is 14.7. The Labute approximate surface area is 140 Å². The number of amides is 1. The molecule has 2 heterocycles. The summed E-state index contributed by atoms with van der Waals surface area (Å²) in [5.74, 6) is 0.510. The zero-order valence-electron chi connectivity index (χ0n) is 12.9. The summed E-state index contributed by atoms with van der Waals surface area (Å²) in [5.41, 5.74) is 0.901. The number of benzene rings is 1. The van der Waals surface area contributed by atoms with Gasteiger partial charge in [-0.05, 0) is 18.2 Å². The largest absolute Gasteiger partial charge is 0.483 e. The highest BCUT2D eigenvalue weighted by molar-refractivity contribution is 7.89.